The van der Waals surface area contributed by atoms with Crippen LogP contribution in [0, 0.1) is 27.7 Å². The van der Waals surface area contributed by atoms with Gasteiger partial charge in [-0.3, -0.25) is 9.59 Å². The Morgan fingerprint density at radius 1 is 0.795 bits per heavy atom. The maximum atomic E-state index is 12.8. The largest absolute Gasteiger partial charge is 0.325 e. The lowest BCUT2D eigenvalue weighted by Crippen LogP contribution is -2.15. The number of fused-ring (bicyclic) bond motifs is 3. The molecule has 6 nitrogen and oxygen atoms in total. The Hall–Kier alpha value is -2.88. The Kier molecular flexibility index (Phi) is 8.59. The molecule has 0 saturated carbocycles. The van der Waals surface area contributed by atoms with Crippen molar-refractivity contribution >= 4 is 68.3 Å². The van der Waals surface area contributed by atoms with Gasteiger partial charge in [0.2, 0.25) is 11.8 Å². The monoisotopic (exact) mass is 576 g/mol. The van der Waals surface area contributed by atoms with E-state index in [0.29, 0.717) is 5.16 Å². The van der Waals surface area contributed by atoms with E-state index in [1.54, 1.807) is 11.3 Å². The van der Waals surface area contributed by atoms with Crippen LogP contribution in [0.4, 0.5) is 11.4 Å². The number of nitrogens with one attached hydrogen (secondary N) is 2. The number of aromatic nitrogens is 2. The number of benzene rings is 2. The van der Waals surface area contributed by atoms with Crippen LogP contribution in [0.5, 0.6) is 0 Å². The Labute approximate surface area is 241 Å². The van der Waals surface area contributed by atoms with E-state index in [4.69, 9.17) is 9.97 Å². The number of nitrogens with zero attached hydrogens (tertiary/aromatic N) is 2. The first-order valence-electron chi connectivity index (χ1n) is 13.1. The highest BCUT2D eigenvalue weighted by molar-refractivity contribution is 8.00. The maximum Gasteiger partial charge on any atom is 0.234 e. The van der Waals surface area contributed by atoms with Crippen molar-refractivity contribution < 1.29 is 9.59 Å². The minimum Gasteiger partial charge on any atom is -0.325 e. The van der Waals surface area contributed by atoms with Gasteiger partial charge in [0.05, 0.1) is 11.5 Å². The van der Waals surface area contributed by atoms with Crippen LogP contribution in [-0.4, -0.2) is 33.3 Å². The zero-order valence-corrected chi connectivity index (χ0v) is 25.1. The number of thioether (sulfide) groups is 2. The minimum absolute atomic E-state index is 0.0684. The molecular formula is C30H32N4O2S3. The van der Waals surface area contributed by atoms with E-state index in [1.807, 2.05) is 50.2 Å². The van der Waals surface area contributed by atoms with Crippen LogP contribution in [0.1, 0.15) is 45.5 Å². The average molecular weight is 577 g/mol. The molecule has 9 heteroatoms. The van der Waals surface area contributed by atoms with Crippen LogP contribution < -0.4 is 10.6 Å². The summed E-state index contributed by atoms with van der Waals surface area (Å²) in [6.45, 7) is 8.18. The first kappa shape index (κ1) is 27.7. The Bertz CT molecular complexity index is 1560. The second-order valence-electron chi connectivity index (χ2n) is 9.97. The number of anilines is 2. The lowest BCUT2D eigenvalue weighted by atomic mass is 9.97. The normalized spacial score (nSPS) is 12.8. The topological polar surface area (TPSA) is 84.0 Å². The highest BCUT2D eigenvalue weighted by Gasteiger charge is 2.22. The lowest BCUT2D eigenvalue weighted by molar-refractivity contribution is -0.114. The molecular weight excluding hydrogens is 545 g/mol. The summed E-state index contributed by atoms with van der Waals surface area (Å²) in [6, 6.07) is 11.8. The zero-order valence-electron chi connectivity index (χ0n) is 22.6. The van der Waals surface area contributed by atoms with Crippen molar-refractivity contribution in [2.24, 2.45) is 0 Å². The van der Waals surface area contributed by atoms with Gasteiger partial charge in [-0.25, -0.2) is 9.97 Å². The van der Waals surface area contributed by atoms with E-state index in [9.17, 15) is 9.59 Å². The summed E-state index contributed by atoms with van der Waals surface area (Å²) in [6.07, 6.45) is 4.43. The van der Waals surface area contributed by atoms with E-state index >= 15 is 0 Å². The summed E-state index contributed by atoms with van der Waals surface area (Å²) in [4.78, 5) is 37.5. The van der Waals surface area contributed by atoms with Crippen molar-refractivity contribution in [3.05, 3.63) is 69.1 Å². The van der Waals surface area contributed by atoms with E-state index < -0.39 is 0 Å². The second-order valence-corrected chi connectivity index (χ2v) is 13.0. The first-order valence-corrected chi connectivity index (χ1v) is 15.9. The number of hydrogen-bond acceptors (Lipinski definition) is 7. The molecule has 5 rings (SSSR count). The average Bonchev–Trinajstić information content (AvgIpc) is 3.29. The predicted molar refractivity (Wildman–Crippen MR) is 165 cm³/mol. The number of aryl methyl sites for hydroxylation is 6. The summed E-state index contributed by atoms with van der Waals surface area (Å²) in [7, 11) is 0. The number of carbonyl (C=O) groups is 2. The van der Waals surface area contributed by atoms with Gasteiger partial charge >= 0.3 is 0 Å². The third-order valence-corrected chi connectivity index (χ3v) is 10.0. The third-order valence-electron chi connectivity index (χ3n) is 7.01. The van der Waals surface area contributed by atoms with Crippen LogP contribution in [0.15, 0.2) is 46.6 Å². The second kappa shape index (κ2) is 12.1. The van der Waals surface area contributed by atoms with Crippen molar-refractivity contribution in [2.75, 3.05) is 22.1 Å². The van der Waals surface area contributed by atoms with Crippen molar-refractivity contribution in [3.63, 3.8) is 0 Å². The molecule has 0 unspecified atom stereocenters. The van der Waals surface area contributed by atoms with Gasteiger partial charge in [-0.05, 0) is 105 Å². The number of amides is 2. The number of carbonyl (C=O) groups excluding carboxylic acids is 2. The van der Waals surface area contributed by atoms with Crippen LogP contribution in [0.25, 0.3) is 10.2 Å². The molecule has 1 aliphatic rings. The van der Waals surface area contributed by atoms with Crippen molar-refractivity contribution in [2.45, 2.75) is 63.6 Å². The van der Waals surface area contributed by atoms with Gasteiger partial charge in [-0.1, -0.05) is 35.7 Å². The molecule has 2 amide bonds. The van der Waals surface area contributed by atoms with Gasteiger partial charge in [0.1, 0.15) is 9.86 Å². The molecule has 2 aromatic carbocycles. The highest BCUT2D eigenvalue weighted by atomic mass is 32.2. The van der Waals surface area contributed by atoms with E-state index in [-0.39, 0.29) is 23.3 Å². The van der Waals surface area contributed by atoms with Gasteiger partial charge in [0, 0.05) is 21.6 Å². The lowest BCUT2D eigenvalue weighted by Gasteiger charge is -2.12. The van der Waals surface area contributed by atoms with E-state index in [0.717, 1.165) is 57.0 Å². The molecule has 0 spiro atoms. The van der Waals surface area contributed by atoms with Crippen LogP contribution in [0.2, 0.25) is 0 Å². The molecule has 0 saturated heterocycles. The summed E-state index contributed by atoms with van der Waals surface area (Å²) in [5, 5.41) is 8.46. The molecule has 1 aliphatic carbocycles. The zero-order chi connectivity index (χ0) is 27.5. The van der Waals surface area contributed by atoms with E-state index in [2.05, 4.69) is 24.5 Å². The molecule has 2 N–H and O–H groups in total. The van der Waals surface area contributed by atoms with Crippen molar-refractivity contribution in [3.8, 4) is 0 Å². The fourth-order valence-corrected chi connectivity index (χ4v) is 7.51. The minimum atomic E-state index is -0.0978. The van der Waals surface area contributed by atoms with Crippen LogP contribution >= 0.6 is 34.9 Å². The Morgan fingerprint density at radius 2 is 1.38 bits per heavy atom. The maximum absolute atomic E-state index is 12.8. The summed E-state index contributed by atoms with van der Waals surface area (Å²) in [5.74, 6) is 0.294. The molecule has 0 fully saturated rings. The first-order chi connectivity index (χ1) is 18.8. The summed E-state index contributed by atoms with van der Waals surface area (Å²) < 4.78 is 0. The van der Waals surface area contributed by atoms with Gasteiger partial charge in [0.25, 0.3) is 0 Å². The Morgan fingerprint density at radius 3 is 2.00 bits per heavy atom. The van der Waals surface area contributed by atoms with Gasteiger partial charge in [-0.15, -0.1) is 11.3 Å². The van der Waals surface area contributed by atoms with Gasteiger partial charge in [-0.2, -0.15) is 0 Å². The molecule has 4 aromatic rings. The fraction of sp³-hybridized carbons (Fsp3) is 0.333. The van der Waals surface area contributed by atoms with Crippen molar-refractivity contribution in [1.29, 1.82) is 0 Å². The molecule has 0 bridgehead atoms. The summed E-state index contributed by atoms with van der Waals surface area (Å²) in [5.41, 5.74) is 7.59. The molecule has 202 valence electrons. The predicted octanol–water partition coefficient (Wildman–Crippen LogP) is 7.27. The molecule has 2 heterocycles. The number of hydrogen-bond donors (Lipinski definition) is 2. The molecule has 0 radical (unpaired) electrons. The van der Waals surface area contributed by atoms with E-state index in [1.165, 1.54) is 51.5 Å². The SMILES string of the molecule is Cc1ccc(NC(=O)CSc2nc(SCC(=O)Nc3ccc(C)c(C)c3)c3c4c(sc3n2)CCCC4)cc1C. The van der Waals surface area contributed by atoms with Gasteiger partial charge < -0.3 is 10.6 Å². The molecule has 0 aliphatic heterocycles. The van der Waals surface area contributed by atoms with Gasteiger partial charge in [0.15, 0.2) is 5.16 Å². The fourth-order valence-electron chi connectivity index (χ4n) is 4.57. The quantitative estimate of drug-likeness (QED) is 0.130. The van der Waals surface area contributed by atoms with Crippen LogP contribution in [0.3, 0.4) is 0 Å². The molecule has 0 atom stereocenters. The smallest absolute Gasteiger partial charge is 0.234 e. The standard InChI is InChI=1S/C30H32N4O2S3/c1-17-9-11-21(13-19(17)3)31-25(35)15-37-28-27-23-7-5-6-8-24(23)39-29(27)34-30(33-28)38-16-26(36)32-22-12-10-18(2)20(4)14-22/h9-14H,5-8,15-16H2,1-4H3,(H,31,35)(H,32,36). The number of thiophene rings is 1. The van der Waals surface area contributed by atoms with Crippen LogP contribution in [-0.2, 0) is 22.4 Å². The molecule has 39 heavy (non-hydrogen) atoms. The summed E-state index contributed by atoms with van der Waals surface area (Å²) >= 11 is 4.50. The highest BCUT2D eigenvalue weighted by Crippen LogP contribution is 2.40. The Balaban J connectivity index is 1.32. The molecule has 2 aromatic heterocycles. The van der Waals surface area contributed by atoms with Crippen molar-refractivity contribution in [1.82, 2.24) is 9.97 Å². The number of rotatable bonds is 8. The third kappa shape index (κ3) is 6.65.